The predicted molar refractivity (Wildman–Crippen MR) is 38.4 cm³/mol. The van der Waals surface area contributed by atoms with Crippen LogP contribution in [0, 0.1) is 0 Å². The summed E-state index contributed by atoms with van der Waals surface area (Å²) in [6.07, 6.45) is -1.23. The second kappa shape index (κ2) is 7.96. The molecule has 0 aromatic heterocycles. The van der Waals surface area contributed by atoms with Crippen molar-refractivity contribution in [1.29, 1.82) is 0 Å². The van der Waals surface area contributed by atoms with Gasteiger partial charge in [-0.1, -0.05) is 0 Å². The summed E-state index contributed by atoms with van der Waals surface area (Å²) in [7, 11) is 1.22. The van der Waals surface area contributed by atoms with Gasteiger partial charge in [0.05, 0.1) is 7.11 Å². The lowest BCUT2D eigenvalue weighted by atomic mass is 10.4. The van der Waals surface area contributed by atoms with Crippen LogP contribution >= 0.6 is 0 Å². The van der Waals surface area contributed by atoms with Crippen LogP contribution in [0.25, 0.3) is 0 Å². The molecule has 12 heavy (non-hydrogen) atoms. The smallest absolute Gasteiger partial charge is 0.332 e. The molecule has 3 N–H and O–H groups in total. The first kappa shape index (κ1) is 13.4. The van der Waals surface area contributed by atoms with E-state index in [0.29, 0.717) is 0 Å². The summed E-state index contributed by atoms with van der Waals surface area (Å²) in [5.74, 6) is -1.79. The van der Waals surface area contributed by atoms with Crippen LogP contribution in [0.3, 0.4) is 0 Å². The molecule has 0 spiro atoms. The number of aliphatic carboxylic acids is 1. The minimum atomic E-state index is -1.23. The van der Waals surface area contributed by atoms with Crippen molar-refractivity contribution in [2.75, 3.05) is 13.7 Å². The summed E-state index contributed by atoms with van der Waals surface area (Å²) >= 11 is 0. The Morgan fingerprint density at radius 3 is 1.83 bits per heavy atom. The first-order chi connectivity index (χ1) is 5.45. The molecule has 0 saturated carbocycles. The maximum absolute atomic E-state index is 9.71. The molecule has 1 atom stereocenters. The third kappa shape index (κ3) is 11.6. The van der Waals surface area contributed by atoms with Gasteiger partial charge in [-0.05, 0) is 6.92 Å². The highest BCUT2D eigenvalue weighted by molar-refractivity contribution is 5.71. The first-order valence-electron chi connectivity index (χ1n) is 3.04. The fourth-order valence-electron chi connectivity index (χ4n) is 0.0645. The van der Waals surface area contributed by atoms with Crippen LogP contribution in [-0.4, -0.2) is 47.1 Å². The Hall–Kier alpha value is -1.14. The molecule has 0 saturated heterocycles. The molecule has 0 aliphatic carbocycles. The van der Waals surface area contributed by atoms with Gasteiger partial charge in [-0.2, -0.15) is 0 Å². The molecule has 0 radical (unpaired) electrons. The monoisotopic (exact) mass is 180 g/mol. The first-order valence-corrected chi connectivity index (χ1v) is 3.04. The summed E-state index contributed by atoms with van der Waals surface area (Å²) in [4.78, 5) is 19.2. The number of methoxy groups -OCH3 is 1. The molecule has 0 aliphatic heterocycles. The zero-order valence-electron chi connectivity index (χ0n) is 6.85. The zero-order valence-corrected chi connectivity index (χ0v) is 6.85. The molecule has 0 heterocycles. The van der Waals surface area contributed by atoms with Gasteiger partial charge in [0, 0.05) is 0 Å². The number of hydrogen-bond acceptors (Lipinski definition) is 5. The number of esters is 1. The lowest BCUT2D eigenvalue weighted by Crippen LogP contribution is -2.13. The van der Waals surface area contributed by atoms with E-state index in [9.17, 15) is 9.59 Å². The van der Waals surface area contributed by atoms with Gasteiger partial charge in [0.15, 0.2) is 0 Å². The Morgan fingerprint density at radius 1 is 1.50 bits per heavy atom. The molecule has 0 rings (SSSR count). The quantitative estimate of drug-likeness (QED) is 0.451. The van der Waals surface area contributed by atoms with Crippen molar-refractivity contribution in [3.63, 3.8) is 0 Å². The van der Waals surface area contributed by atoms with E-state index in [2.05, 4.69) is 4.74 Å². The van der Waals surface area contributed by atoms with Gasteiger partial charge in [0.25, 0.3) is 0 Å². The van der Waals surface area contributed by atoms with E-state index in [1.807, 2.05) is 0 Å². The molecule has 6 heteroatoms. The van der Waals surface area contributed by atoms with Gasteiger partial charge in [0.1, 0.15) is 12.7 Å². The minimum absolute atomic E-state index is 0.531. The molecule has 0 amide bonds. The van der Waals surface area contributed by atoms with Crippen LogP contribution in [0.4, 0.5) is 0 Å². The Bertz CT molecular complexity index is 133. The normalized spacial score (nSPS) is 10.7. The van der Waals surface area contributed by atoms with E-state index in [-0.39, 0.29) is 0 Å². The molecule has 0 bridgehead atoms. The predicted octanol–water partition coefficient (Wildman–Crippen LogP) is -1.40. The van der Waals surface area contributed by atoms with Crippen molar-refractivity contribution >= 4 is 11.9 Å². The highest BCUT2D eigenvalue weighted by Gasteiger charge is 2.01. The number of aliphatic hydroxyl groups is 2. The van der Waals surface area contributed by atoms with E-state index >= 15 is 0 Å². The van der Waals surface area contributed by atoms with Gasteiger partial charge < -0.3 is 20.1 Å². The summed E-state index contributed by atoms with van der Waals surface area (Å²) in [5, 5.41) is 23.6. The van der Waals surface area contributed by atoms with Crippen LogP contribution in [0.1, 0.15) is 6.92 Å². The van der Waals surface area contributed by atoms with E-state index in [4.69, 9.17) is 15.3 Å². The van der Waals surface area contributed by atoms with Gasteiger partial charge in [-0.15, -0.1) is 0 Å². The molecule has 0 aromatic carbocycles. The van der Waals surface area contributed by atoms with Gasteiger partial charge in [-0.3, -0.25) is 0 Å². The molecular weight excluding hydrogens is 168 g/mol. The lowest BCUT2D eigenvalue weighted by molar-refractivity contribution is -0.145. The molecule has 0 aromatic rings. The molecule has 0 fully saturated rings. The Labute approximate surface area is 69.4 Å². The standard InChI is InChI=1S/2C3H6O3/c1-6-3(5)2-4;1-2(4)3(5)6/h4H,2H2,1H3;2,4H,1H3,(H,5,6). The SMILES string of the molecule is CC(O)C(=O)O.COC(=O)CO. The number of carbonyl (C=O) groups excluding carboxylic acids is 1. The maximum atomic E-state index is 9.71. The van der Waals surface area contributed by atoms with E-state index in [1.165, 1.54) is 14.0 Å². The number of rotatable bonds is 2. The summed E-state index contributed by atoms with van der Waals surface area (Å²) in [6.45, 7) is 0.666. The van der Waals surface area contributed by atoms with Crippen LogP contribution in [0.15, 0.2) is 0 Å². The molecule has 1 unspecified atom stereocenters. The lowest BCUT2D eigenvalue weighted by Gasteiger charge is -1.89. The highest BCUT2D eigenvalue weighted by Crippen LogP contribution is 1.73. The number of carbonyl (C=O) groups is 2. The Morgan fingerprint density at radius 2 is 1.83 bits per heavy atom. The van der Waals surface area contributed by atoms with Gasteiger partial charge >= 0.3 is 11.9 Å². The van der Waals surface area contributed by atoms with E-state index in [0.717, 1.165) is 0 Å². The Balaban J connectivity index is 0. The summed E-state index contributed by atoms with van der Waals surface area (Å²) in [5.41, 5.74) is 0. The zero-order chi connectivity index (χ0) is 10.1. The second-order valence-electron chi connectivity index (χ2n) is 1.75. The third-order valence-corrected chi connectivity index (χ3v) is 0.714. The highest BCUT2D eigenvalue weighted by atomic mass is 16.5. The van der Waals surface area contributed by atoms with Crippen molar-refractivity contribution in [2.45, 2.75) is 13.0 Å². The molecule has 0 aliphatic rings. The maximum Gasteiger partial charge on any atom is 0.332 e. The van der Waals surface area contributed by atoms with Crippen LogP contribution < -0.4 is 0 Å². The van der Waals surface area contributed by atoms with Crippen LogP contribution in [0.5, 0.6) is 0 Å². The third-order valence-electron chi connectivity index (χ3n) is 0.714. The number of carboxylic acids is 1. The topological polar surface area (TPSA) is 104 Å². The van der Waals surface area contributed by atoms with Crippen molar-refractivity contribution in [2.24, 2.45) is 0 Å². The molecule has 72 valence electrons. The fraction of sp³-hybridized carbons (Fsp3) is 0.667. The second-order valence-corrected chi connectivity index (χ2v) is 1.75. The summed E-state index contributed by atoms with van der Waals surface area (Å²) < 4.78 is 4.01. The number of carboxylic acid groups (broad SMARTS) is 1. The number of hydrogen-bond donors (Lipinski definition) is 3. The van der Waals surface area contributed by atoms with E-state index in [1.54, 1.807) is 0 Å². The fourth-order valence-corrected chi connectivity index (χ4v) is 0.0645. The van der Waals surface area contributed by atoms with Crippen molar-refractivity contribution in [3.8, 4) is 0 Å². The van der Waals surface area contributed by atoms with Gasteiger partial charge in [0.2, 0.25) is 0 Å². The van der Waals surface area contributed by atoms with Crippen molar-refractivity contribution in [1.82, 2.24) is 0 Å². The van der Waals surface area contributed by atoms with Gasteiger partial charge in [-0.25, -0.2) is 9.59 Å². The molecular formula is C6H12O6. The average Bonchev–Trinajstić information content (AvgIpc) is 2.04. The van der Waals surface area contributed by atoms with E-state index < -0.39 is 24.6 Å². The Kier molecular flexibility index (Phi) is 8.92. The van der Waals surface area contributed by atoms with Crippen LogP contribution in [0.2, 0.25) is 0 Å². The number of ether oxygens (including phenoxy) is 1. The van der Waals surface area contributed by atoms with Crippen molar-refractivity contribution < 1.29 is 29.6 Å². The van der Waals surface area contributed by atoms with Crippen molar-refractivity contribution in [3.05, 3.63) is 0 Å². The minimum Gasteiger partial charge on any atom is -0.479 e. The summed E-state index contributed by atoms with van der Waals surface area (Å²) in [6, 6.07) is 0. The van der Waals surface area contributed by atoms with Crippen LogP contribution in [-0.2, 0) is 14.3 Å². The number of aliphatic hydroxyl groups excluding tert-OH is 2. The largest absolute Gasteiger partial charge is 0.479 e. The average molecular weight is 180 g/mol. The molecule has 6 nitrogen and oxygen atoms in total.